The van der Waals surface area contributed by atoms with Crippen molar-refractivity contribution in [1.29, 1.82) is 0 Å². The Bertz CT molecular complexity index is 1280. The summed E-state index contributed by atoms with van der Waals surface area (Å²) < 4.78 is 12.7. The molecule has 3 heterocycles. The molecule has 0 atom stereocenters. The van der Waals surface area contributed by atoms with Gasteiger partial charge in [0.2, 0.25) is 5.95 Å². The molecule has 3 rings (SSSR count). The van der Waals surface area contributed by atoms with Gasteiger partial charge in [0.25, 0.3) is 0 Å². The number of nitrogens with two attached hydrogens (primary N) is 1. The van der Waals surface area contributed by atoms with E-state index in [1.807, 2.05) is 24.6 Å². The topological polar surface area (TPSA) is 108 Å². The fourth-order valence-electron chi connectivity index (χ4n) is 3.71. The second-order valence-corrected chi connectivity index (χ2v) is 8.59. The highest BCUT2D eigenvalue weighted by molar-refractivity contribution is 6.34. The van der Waals surface area contributed by atoms with Crippen LogP contribution in [0.5, 0.6) is 5.75 Å². The van der Waals surface area contributed by atoms with Gasteiger partial charge in [-0.05, 0) is 20.3 Å². The fourth-order valence-corrected chi connectivity index (χ4v) is 3.98. The molecule has 186 valence electrons. The lowest BCUT2D eigenvalue weighted by Crippen LogP contribution is -2.28. The lowest BCUT2D eigenvalue weighted by Gasteiger charge is -2.15. The number of aryl methyl sites for hydroxylation is 1. The zero-order chi connectivity index (χ0) is 25.5. The van der Waals surface area contributed by atoms with Crippen molar-refractivity contribution in [2.24, 2.45) is 0 Å². The summed E-state index contributed by atoms with van der Waals surface area (Å²) in [5, 5.41) is 0.840. The maximum absolute atomic E-state index is 12.0. The summed E-state index contributed by atoms with van der Waals surface area (Å²) in [4.78, 5) is 26.6. The highest BCUT2D eigenvalue weighted by Gasteiger charge is 2.17. The maximum atomic E-state index is 12.0. The van der Waals surface area contributed by atoms with Crippen LogP contribution in [0.1, 0.15) is 48.6 Å². The number of methoxy groups -OCH3 is 1. The van der Waals surface area contributed by atoms with E-state index >= 15 is 0 Å². The van der Waals surface area contributed by atoms with Crippen LogP contribution < -0.4 is 10.5 Å². The van der Waals surface area contributed by atoms with E-state index in [1.54, 1.807) is 25.3 Å². The number of nitrogen functional groups attached to an aromatic ring is 1. The van der Waals surface area contributed by atoms with E-state index in [-0.39, 0.29) is 23.8 Å². The number of hydrogen-bond acceptors (Lipinski definition) is 7. The lowest BCUT2D eigenvalue weighted by atomic mass is 10.1. The Morgan fingerprint density at radius 2 is 2.09 bits per heavy atom. The molecule has 2 N–H and O–H groups in total. The SMILES string of the molecule is CCCCN(C)C(=O)OCCC#Cc1cn(Cc2ncc(C)c(OC)c2C)c2nc(N)nc(Cl)c12. The second kappa shape index (κ2) is 11.8. The first kappa shape index (κ1) is 26.1. The smallest absolute Gasteiger partial charge is 0.409 e. The number of nitrogens with zero attached hydrogens (tertiary/aromatic N) is 5. The number of unbranched alkanes of at least 4 members (excludes halogenated alkanes) is 1. The average Bonchev–Trinajstić information content (AvgIpc) is 3.16. The summed E-state index contributed by atoms with van der Waals surface area (Å²) in [7, 11) is 3.37. The van der Waals surface area contributed by atoms with E-state index in [9.17, 15) is 4.79 Å². The van der Waals surface area contributed by atoms with Gasteiger partial charge in [-0.15, -0.1) is 0 Å². The van der Waals surface area contributed by atoms with Crippen LogP contribution in [0, 0.1) is 25.7 Å². The number of aromatic nitrogens is 4. The molecule has 35 heavy (non-hydrogen) atoms. The summed E-state index contributed by atoms with van der Waals surface area (Å²) in [5.74, 6) is 7.03. The summed E-state index contributed by atoms with van der Waals surface area (Å²) in [6, 6.07) is 0. The van der Waals surface area contributed by atoms with Crippen LogP contribution in [0.2, 0.25) is 5.15 Å². The van der Waals surface area contributed by atoms with Gasteiger partial charge in [-0.3, -0.25) is 4.98 Å². The molecule has 0 unspecified atom stereocenters. The molecular formula is C25H31ClN6O3. The predicted octanol–water partition coefficient (Wildman–Crippen LogP) is 4.35. The third-order valence-corrected chi connectivity index (χ3v) is 5.87. The van der Waals surface area contributed by atoms with Crippen molar-refractivity contribution in [2.45, 2.75) is 46.6 Å². The Kier molecular flexibility index (Phi) is 8.77. The molecule has 0 bridgehead atoms. The van der Waals surface area contributed by atoms with Crippen LogP contribution in [0.15, 0.2) is 12.4 Å². The Labute approximate surface area is 210 Å². The van der Waals surface area contributed by atoms with Crippen LogP contribution in [0.4, 0.5) is 10.7 Å². The molecule has 0 aromatic carbocycles. The van der Waals surface area contributed by atoms with Crippen LogP contribution in [0.25, 0.3) is 11.0 Å². The molecule has 0 saturated heterocycles. The number of halogens is 1. The maximum Gasteiger partial charge on any atom is 0.409 e. The first-order valence-corrected chi connectivity index (χ1v) is 11.8. The summed E-state index contributed by atoms with van der Waals surface area (Å²) >= 11 is 6.42. The van der Waals surface area contributed by atoms with Crippen LogP contribution in [-0.2, 0) is 11.3 Å². The van der Waals surface area contributed by atoms with Crippen LogP contribution >= 0.6 is 11.6 Å². The van der Waals surface area contributed by atoms with Crippen molar-refractivity contribution >= 4 is 34.7 Å². The summed E-state index contributed by atoms with van der Waals surface area (Å²) in [5.41, 5.74) is 9.83. The number of pyridine rings is 1. The predicted molar refractivity (Wildman–Crippen MR) is 137 cm³/mol. The van der Waals surface area contributed by atoms with Gasteiger partial charge in [-0.25, -0.2) is 9.78 Å². The van der Waals surface area contributed by atoms with Crippen molar-refractivity contribution in [2.75, 3.05) is 33.0 Å². The molecular weight excluding hydrogens is 468 g/mol. The second-order valence-electron chi connectivity index (χ2n) is 8.23. The standard InChI is InChI=1S/C25H31ClN6O3/c1-6-7-11-31(4)25(33)35-12-9-8-10-18-14-32(23-20(18)22(26)29-24(27)30-23)15-19-17(3)21(34-5)16(2)13-28-19/h13-14H,6-7,9,11-12,15H2,1-5H3,(H2,27,29,30). The Morgan fingerprint density at radius 3 is 2.80 bits per heavy atom. The van der Waals surface area contributed by atoms with E-state index in [2.05, 4.69) is 33.7 Å². The normalized spacial score (nSPS) is 10.7. The highest BCUT2D eigenvalue weighted by Crippen LogP contribution is 2.29. The molecule has 3 aromatic heterocycles. The molecule has 0 radical (unpaired) electrons. The Hall–Kier alpha value is -3.51. The van der Waals surface area contributed by atoms with Crippen LogP contribution in [0.3, 0.4) is 0 Å². The third kappa shape index (κ3) is 6.14. The number of carbonyl (C=O) groups is 1. The summed E-state index contributed by atoms with van der Waals surface area (Å²) in [6.07, 6.45) is 5.62. The van der Waals surface area contributed by atoms with E-state index < -0.39 is 0 Å². The number of ether oxygens (including phenoxy) is 2. The average molecular weight is 499 g/mol. The monoisotopic (exact) mass is 498 g/mol. The minimum atomic E-state index is -0.347. The number of hydrogen-bond donors (Lipinski definition) is 1. The van der Waals surface area contributed by atoms with Crippen molar-refractivity contribution in [3.63, 3.8) is 0 Å². The Morgan fingerprint density at radius 1 is 1.31 bits per heavy atom. The van der Waals surface area contributed by atoms with E-state index in [1.165, 1.54) is 0 Å². The molecule has 3 aromatic rings. The largest absolute Gasteiger partial charge is 0.496 e. The highest BCUT2D eigenvalue weighted by atomic mass is 35.5. The van der Waals surface area contributed by atoms with Gasteiger partial charge in [0.05, 0.1) is 30.3 Å². The molecule has 0 fully saturated rings. The molecule has 1 amide bonds. The van der Waals surface area contributed by atoms with Crippen molar-refractivity contribution in [3.05, 3.63) is 39.9 Å². The van der Waals surface area contributed by atoms with Crippen molar-refractivity contribution in [3.8, 4) is 17.6 Å². The van der Waals surface area contributed by atoms with Crippen LogP contribution in [-0.4, -0.2) is 57.8 Å². The van der Waals surface area contributed by atoms with E-state index in [0.717, 1.165) is 35.4 Å². The van der Waals surface area contributed by atoms with Crippen molar-refractivity contribution < 1.29 is 14.3 Å². The minimum Gasteiger partial charge on any atom is -0.496 e. The number of amides is 1. The minimum absolute atomic E-state index is 0.0756. The lowest BCUT2D eigenvalue weighted by molar-refractivity contribution is 0.113. The quantitative estimate of drug-likeness (QED) is 0.279. The van der Waals surface area contributed by atoms with Gasteiger partial charge < -0.3 is 24.7 Å². The zero-order valence-electron chi connectivity index (χ0n) is 20.8. The van der Waals surface area contributed by atoms with Gasteiger partial charge in [0, 0.05) is 43.5 Å². The summed E-state index contributed by atoms with van der Waals surface area (Å²) in [6.45, 7) is 7.29. The first-order valence-electron chi connectivity index (χ1n) is 11.4. The molecule has 0 aliphatic rings. The fraction of sp³-hybridized carbons (Fsp3) is 0.440. The number of anilines is 1. The molecule has 0 spiro atoms. The van der Waals surface area contributed by atoms with Gasteiger partial charge in [0.15, 0.2) is 0 Å². The van der Waals surface area contributed by atoms with Gasteiger partial charge >= 0.3 is 6.09 Å². The van der Waals surface area contributed by atoms with E-state index in [0.29, 0.717) is 36.1 Å². The van der Waals surface area contributed by atoms with Gasteiger partial charge in [-0.2, -0.15) is 4.98 Å². The van der Waals surface area contributed by atoms with Crippen molar-refractivity contribution in [1.82, 2.24) is 24.4 Å². The molecule has 0 aliphatic carbocycles. The zero-order valence-corrected chi connectivity index (χ0v) is 21.6. The number of rotatable bonds is 8. The van der Waals surface area contributed by atoms with E-state index in [4.69, 9.17) is 26.8 Å². The molecule has 9 nitrogen and oxygen atoms in total. The molecule has 10 heteroatoms. The molecule has 0 aliphatic heterocycles. The Balaban J connectivity index is 1.82. The number of carbonyl (C=O) groups excluding carboxylic acids is 1. The first-order chi connectivity index (χ1) is 16.8. The van der Waals surface area contributed by atoms with Gasteiger partial charge in [0.1, 0.15) is 23.2 Å². The number of fused-ring (bicyclic) bond motifs is 1. The third-order valence-electron chi connectivity index (χ3n) is 5.59. The molecule has 0 saturated carbocycles. The van der Waals surface area contributed by atoms with Gasteiger partial charge in [-0.1, -0.05) is 36.8 Å².